The molecule has 3 rings (SSSR count). The molecule has 1 aliphatic heterocycles. The molecule has 1 saturated heterocycles. The fourth-order valence-electron chi connectivity index (χ4n) is 3.32. The number of nitrogens with zero attached hydrogens (tertiary/aromatic N) is 4. The second-order valence-electron chi connectivity index (χ2n) is 6.30. The van der Waals surface area contributed by atoms with Crippen LogP contribution < -0.4 is 0 Å². The van der Waals surface area contributed by atoms with Crippen molar-refractivity contribution in [2.75, 3.05) is 6.54 Å². The molecule has 124 valence electrons. The zero-order valence-corrected chi connectivity index (χ0v) is 14.1. The summed E-state index contributed by atoms with van der Waals surface area (Å²) in [6.07, 6.45) is 7.80. The normalized spacial score (nSPS) is 18.4. The molecule has 1 amide bonds. The summed E-state index contributed by atoms with van der Waals surface area (Å²) in [6.45, 7) is 7.37. The Morgan fingerprint density at radius 1 is 1.39 bits per heavy atom. The number of aryl methyl sites for hydroxylation is 3. The van der Waals surface area contributed by atoms with Gasteiger partial charge in [0.05, 0.1) is 24.5 Å². The summed E-state index contributed by atoms with van der Waals surface area (Å²) in [5.41, 5.74) is 2.55. The van der Waals surface area contributed by atoms with Gasteiger partial charge in [-0.15, -0.1) is 0 Å². The largest absolute Gasteiger partial charge is 0.361 e. The van der Waals surface area contributed by atoms with Crippen molar-refractivity contribution >= 4 is 5.91 Å². The number of carbonyl (C=O) groups is 1. The van der Waals surface area contributed by atoms with E-state index in [9.17, 15) is 4.79 Å². The van der Waals surface area contributed by atoms with Crippen LogP contribution in [0.3, 0.4) is 0 Å². The lowest BCUT2D eigenvalue weighted by molar-refractivity contribution is 0.0581. The van der Waals surface area contributed by atoms with Crippen molar-refractivity contribution in [1.82, 2.24) is 19.8 Å². The molecule has 6 heteroatoms. The van der Waals surface area contributed by atoms with Crippen LogP contribution in [-0.4, -0.2) is 38.3 Å². The average molecular weight is 316 g/mol. The fraction of sp³-hybridized carbons (Fsp3) is 0.588. The van der Waals surface area contributed by atoms with Crippen molar-refractivity contribution in [3.63, 3.8) is 0 Å². The highest BCUT2D eigenvalue weighted by atomic mass is 16.5. The Hall–Kier alpha value is -2.11. The van der Waals surface area contributed by atoms with E-state index in [1.54, 1.807) is 0 Å². The van der Waals surface area contributed by atoms with E-state index >= 15 is 0 Å². The maximum atomic E-state index is 13.1. The highest BCUT2D eigenvalue weighted by molar-refractivity contribution is 5.96. The van der Waals surface area contributed by atoms with Crippen molar-refractivity contribution < 1.29 is 9.32 Å². The molecule has 1 atom stereocenters. The van der Waals surface area contributed by atoms with E-state index in [1.807, 2.05) is 42.7 Å². The number of hydrogen-bond acceptors (Lipinski definition) is 4. The minimum atomic E-state index is 0.0502. The summed E-state index contributed by atoms with van der Waals surface area (Å²) < 4.78 is 7.18. The Balaban J connectivity index is 1.83. The van der Waals surface area contributed by atoms with Crippen LogP contribution in [0.2, 0.25) is 0 Å². The van der Waals surface area contributed by atoms with Crippen molar-refractivity contribution in [3.8, 4) is 0 Å². The molecular formula is C17H24N4O2. The van der Waals surface area contributed by atoms with Crippen LogP contribution in [0.5, 0.6) is 0 Å². The summed E-state index contributed by atoms with van der Waals surface area (Å²) in [4.78, 5) is 15.0. The zero-order chi connectivity index (χ0) is 16.4. The molecule has 1 aliphatic rings. The molecule has 0 radical (unpaired) electrons. The molecule has 0 bridgehead atoms. The number of aromatic nitrogens is 3. The number of likely N-dealkylation sites (tertiary alicyclic amines) is 1. The molecule has 1 fully saturated rings. The predicted molar refractivity (Wildman–Crippen MR) is 86.3 cm³/mol. The van der Waals surface area contributed by atoms with Gasteiger partial charge in [-0.2, -0.15) is 5.10 Å². The third-order valence-electron chi connectivity index (χ3n) is 4.53. The predicted octanol–water partition coefficient (Wildman–Crippen LogP) is 2.75. The summed E-state index contributed by atoms with van der Waals surface area (Å²) >= 11 is 0. The van der Waals surface area contributed by atoms with Gasteiger partial charge in [0.15, 0.2) is 0 Å². The van der Waals surface area contributed by atoms with Gasteiger partial charge in [-0.1, -0.05) is 12.1 Å². The second kappa shape index (κ2) is 6.56. The standard InChI is InChI=1S/C17H24N4O2/c1-4-15-16(13(3)23-19-15)17(22)21-8-6-5-7-14(21)11-20-10-12(2)9-18-20/h9-10,14H,4-8,11H2,1-3H3/t14-/m0/s1. The van der Waals surface area contributed by atoms with Crippen LogP contribution in [-0.2, 0) is 13.0 Å². The van der Waals surface area contributed by atoms with Gasteiger partial charge in [-0.3, -0.25) is 9.48 Å². The van der Waals surface area contributed by atoms with Crippen molar-refractivity contribution in [1.29, 1.82) is 0 Å². The van der Waals surface area contributed by atoms with Crippen LogP contribution in [0.4, 0.5) is 0 Å². The molecule has 3 heterocycles. The van der Waals surface area contributed by atoms with Gasteiger partial charge < -0.3 is 9.42 Å². The Morgan fingerprint density at radius 2 is 2.22 bits per heavy atom. The third kappa shape index (κ3) is 3.16. The lowest BCUT2D eigenvalue weighted by atomic mass is 10.00. The molecule has 6 nitrogen and oxygen atoms in total. The zero-order valence-electron chi connectivity index (χ0n) is 14.1. The first-order chi connectivity index (χ1) is 11.1. The number of amides is 1. The van der Waals surface area contributed by atoms with Gasteiger partial charge in [-0.25, -0.2) is 0 Å². The van der Waals surface area contributed by atoms with Crippen molar-refractivity contribution in [3.05, 3.63) is 35.0 Å². The topological polar surface area (TPSA) is 64.2 Å². The lowest BCUT2D eigenvalue weighted by Gasteiger charge is -2.35. The van der Waals surface area contributed by atoms with Gasteiger partial charge in [-0.05, 0) is 45.1 Å². The highest BCUT2D eigenvalue weighted by Crippen LogP contribution is 2.24. The van der Waals surface area contributed by atoms with Crippen LogP contribution in [0.1, 0.15) is 53.6 Å². The maximum absolute atomic E-state index is 13.1. The number of piperidine rings is 1. The smallest absolute Gasteiger partial charge is 0.259 e. The van der Waals surface area contributed by atoms with Crippen molar-refractivity contribution in [2.45, 2.75) is 59.0 Å². The minimum absolute atomic E-state index is 0.0502. The number of rotatable bonds is 4. The quantitative estimate of drug-likeness (QED) is 0.870. The van der Waals surface area contributed by atoms with Gasteiger partial charge in [0.25, 0.3) is 5.91 Å². The van der Waals surface area contributed by atoms with E-state index < -0.39 is 0 Å². The van der Waals surface area contributed by atoms with Crippen molar-refractivity contribution in [2.24, 2.45) is 0 Å². The maximum Gasteiger partial charge on any atom is 0.259 e. The Bertz CT molecular complexity index is 689. The van der Waals surface area contributed by atoms with Crippen LogP contribution in [0.15, 0.2) is 16.9 Å². The average Bonchev–Trinajstić information content (AvgIpc) is 3.12. The molecule has 0 saturated carbocycles. The van der Waals surface area contributed by atoms with Gasteiger partial charge in [0.2, 0.25) is 0 Å². The first-order valence-electron chi connectivity index (χ1n) is 8.35. The summed E-state index contributed by atoms with van der Waals surface area (Å²) in [5.74, 6) is 0.667. The number of hydrogen-bond donors (Lipinski definition) is 0. The molecule has 2 aromatic rings. The first kappa shape index (κ1) is 15.8. The second-order valence-corrected chi connectivity index (χ2v) is 6.30. The first-order valence-corrected chi connectivity index (χ1v) is 8.35. The Labute approximate surface area is 136 Å². The molecule has 0 unspecified atom stereocenters. The molecule has 0 aliphatic carbocycles. The molecular weight excluding hydrogens is 292 g/mol. The van der Waals surface area contributed by atoms with E-state index in [1.165, 1.54) is 0 Å². The Kier molecular flexibility index (Phi) is 4.50. The van der Waals surface area contributed by atoms with Crippen LogP contribution in [0.25, 0.3) is 0 Å². The van der Waals surface area contributed by atoms with E-state index in [4.69, 9.17) is 4.52 Å². The van der Waals surface area contributed by atoms with Gasteiger partial charge in [0.1, 0.15) is 11.3 Å². The monoisotopic (exact) mass is 316 g/mol. The third-order valence-corrected chi connectivity index (χ3v) is 4.53. The molecule has 23 heavy (non-hydrogen) atoms. The lowest BCUT2D eigenvalue weighted by Crippen LogP contribution is -2.46. The molecule has 0 N–H and O–H groups in total. The van der Waals surface area contributed by atoms with Gasteiger partial charge in [0, 0.05) is 12.7 Å². The summed E-state index contributed by atoms with van der Waals surface area (Å²) in [7, 11) is 0. The van der Waals surface area contributed by atoms with E-state index in [0.29, 0.717) is 17.7 Å². The molecule has 0 aromatic carbocycles. The molecule has 0 spiro atoms. The van der Waals surface area contributed by atoms with Gasteiger partial charge >= 0.3 is 0 Å². The number of carbonyl (C=O) groups excluding carboxylic acids is 1. The molecule has 2 aromatic heterocycles. The summed E-state index contributed by atoms with van der Waals surface area (Å²) in [5, 5.41) is 8.39. The minimum Gasteiger partial charge on any atom is -0.361 e. The van der Waals surface area contributed by atoms with E-state index in [2.05, 4.69) is 10.3 Å². The highest BCUT2D eigenvalue weighted by Gasteiger charge is 2.31. The van der Waals surface area contributed by atoms with E-state index in [-0.39, 0.29) is 11.9 Å². The SMILES string of the molecule is CCc1noc(C)c1C(=O)N1CCCC[C@H]1Cn1cc(C)cn1. The van der Waals surface area contributed by atoms with E-state index in [0.717, 1.165) is 43.6 Å². The summed E-state index contributed by atoms with van der Waals surface area (Å²) in [6, 6.07) is 0.176. The Morgan fingerprint density at radius 3 is 2.91 bits per heavy atom. The fourth-order valence-corrected chi connectivity index (χ4v) is 3.32. The van der Waals surface area contributed by atoms with Crippen LogP contribution >= 0.6 is 0 Å². The van der Waals surface area contributed by atoms with Crippen LogP contribution in [0, 0.1) is 13.8 Å².